The lowest BCUT2D eigenvalue weighted by atomic mass is 10.1. The van der Waals surface area contributed by atoms with E-state index in [0.717, 1.165) is 0 Å². The van der Waals surface area contributed by atoms with Crippen LogP contribution in [0.25, 0.3) is 6.08 Å². The van der Waals surface area contributed by atoms with Gasteiger partial charge in [-0.15, -0.1) is 0 Å². The minimum Gasteiger partial charge on any atom is -0.462 e. The highest BCUT2D eigenvalue weighted by Gasteiger charge is 2.20. The number of ether oxygens (including phenoxy) is 2. The zero-order valence-electron chi connectivity index (χ0n) is 10.4. The number of hydrogen-bond acceptors (Lipinski definition) is 5. The van der Waals surface area contributed by atoms with E-state index in [1.54, 1.807) is 38.4 Å². The number of carbonyl (C=O) groups is 2. The number of aromatic nitrogens is 1. The minimum absolute atomic E-state index is 0.120. The first-order valence-electron chi connectivity index (χ1n) is 5.65. The smallest absolute Gasteiger partial charge is 0.345 e. The standard InChI is InChI=1S/C13H15NO4/c1-3-17-12(15)11(13(16)18-4-2)9-10-5-7-14-8-6-10/h5-9H,3-4H2,1-2H3. The molecule has 0 atom stereocenters. The fraction of sp³-hybridized carbons (Fsp3) is 0.308. The van der Waals surface area contributed by atoms with E-state index in [0.29, 0.717) is 5.56 Å². The zero-order valence-corrected chi connectivity index (χ0v) is 10.4. The lowest BCUT2D eigenvalue weighted by molar-refractivity contribution is -0.146. The molecule has 0 amide bonds. The first-order valence-corrected chi connectivity index (χ1v) is 5.65. The van der Waals surface area contributed by atoms with Crippen LogP contribution >= 0.6 is 0 Å². The second-order valence-corrected chi connectivity index (χ2v) is 3.28. The molecule has 96 valence electrons. The number of carbonyl (C=O) groups excluding carboxylic acids is 2. The molecule has 0 bridgehead atoms. The molecule has 5 heteroatoms. The lowest BCUT2D eigenvalue weighted by Crippen LogP contribution is -2.18. The molecule has 1 heterocycles. The SMILES string of the molecule is CCOC(=O)C(=Cc1ccncc1)C(=O)OCC. The van der Waals surface area contributed by atoms with Crippen LogP contribution in [0.3, 0.4) is 0 Å². The van der Waals surface area contributed by atoms with Gasteiger partial charge in [0.1, 0.15) is 5.57 Å². The van der Waals surface area contributed by atoms with Crippen LogP contribution in [-0.4, -0.2) is 30.1 Å². The molecule has 0 unspecified atom stereocenters. The molecular formula is C13H15NO4. The van der Waals surface area contributed by atoms with Crippen molar-refractivity contribution in [2.24, 2.45) is 0 Å². The molecular weight excluding hydrogens is 234 g/mol. The van der Waals surface area contributed by atoms with Crippen LogP contribution in [0, 0.1) is 0 Å². The number of pyridine rings is 1. The molecule has 0 spiro atoms. The van der Waals surface area contributed by atoms with E-state index in [1.807, 2.05) is 0 Å². The monoisotopic (exact) mass is 249 g/mol. The highest BCUT2D eigenvalue weighted by Crippen LogP contribution is 2.09. The Morgan fingerprint density at radius 2 is 1.61 bits per heavy atom. The van der Waals surface area contributed by atoms with Crippen LogP contribution in [0.15, 0.2) is 30.1 Å². The predicted molar refractivity (Wildman–Crippen MR) is 65.5 cm³/mol. The summed E-state index contributed by atoms with van der Waals surface area (Å²) in [4.78, 5) is 27.2. The van der Waals surface area contributed by atoms with Crippen molar-refractivity contribution in [3.63, 3.8) is 0 Å². The molecule has 1 aromatic heterocycles. The molecule has 0 saturated carbocycles. The molecule has 0 aliphatic carbocycles. The first-order chi connectivity index (χ1) is 8.69. The maximum Gasteiger partial charge on any atom is 0.345 e. The summed E-state index contributed by atoms with van der Waals surface area (Å²) < 4.78 is 9.64. The zero-order chi connectivity index (χ0) is 13.4. The van der Waals surface area contributed by atoms with Crippen molar-refractivity contribution in [1.29, 1.82) is 0 Å². The molecule has 0 aromatic carbocycles. The Kier molecular flexibility index (Phi) is 5.57. The molecule has 1 rings (SSSR count). The molecule has 0 N–H and O–H groups in total. The normalized spacial score (nSPS) is 9.44. The largest absolute Gasteiger partial charge is 0.462 e. The van der Waals surface area contributed by atoms with Gasteiger partial charge in [0.05, 0.1) is 13.2 Å². The van der Waals surface area contributed by atoms with E-state index in [-0.39, 0.29) is 18.8 Å². The maximum atomic E-state index is 11.7. The van der Waals surface area contributed by atoms with Gasteiger partial charge in [0.15, 0.2) is 0 Å². The molecule has 18 heavy (non-hydrogen) atoms. The molecule has 5 nitrogen and oxygen atoms in total. The summed E-state index contributed by atoms with van der Waals surface area (Å²) >= 11 is 0. The van der Waals surface area contributed by atoms with Crippen LogP contribution < -0.4 is 0 Å². The first kappa shape index (κ1) is 13.9. The van der Waals surface area contributed by atoms with Gasteiger partial charge in [0, 0.05) is 12.4 Å². The van der Waals surface area contributed by atoms with Crippen molar-refractivity contribution in [1.82, 2.24) is 4.98 Å². The third-order valence-corrected chi connectivity index (χ3v) is 2.01. The van der Waals surface area contributed by atoms with Crippen LogP contribution in [0.5, 0.6) is 0 Å². The quantitative estimate of drug-likeness (QED) is 0.343. The molecule has 0 radical (unpaired) electrons. The van der Waals surface area contributed by atoms with E-state index in [1.165, 1.54) is 6.08 Å². The Bertz CT molecular complexity index is 420. The fourth-order valence-electron chi connectivity index (χ4n) is 1.25. The second kappa shape index (κ2) is 7.21. The van der Waals surface area contributed by atoms with Crippen LogP contribution in [0.4, 0.5) is 0 Å². The van der Waals surface area contributed by atoms with Gasteiger partial charge in [0.2, 0.25) is 0 Å². The number of rotatable bonds is 5. The third-order valence-electron chi connectivity index (χ3n) is 2.01. The van der Waals surface area contributed by atoms with Crippen LogP contribution in [0.1, 0.15) is 19.4 Å². The molecule has 0 fully saturated rings. The highest BCUT2D eigenvalue weighted by molar-refractivity contribution is 6.17. The van der Waals surface area contributed by atoms with Crippen molar-refractivity contribution >= 4 is 18.0 Å². The lowest BCUT2D eigenvalue weighted by Gasteiger charge is -2.06. The molecule has 0 saturated heterocycles. The van der Waals surface area contributed by atoms with Crippen molar-refractivity contribution in [2.45, 2.75) is 13.8 Å². The summed E-state index contributed by atoms with van der Waals surface area (Å²) in [6, 6.07) is 3.36. The Labute approximate surface area is 105 Å². The topological polar surface area (TPSA) is 65.5 Å². The van der Waals surface area contributed by atoms with E-state index in [4.69, 9.17) is 9.47 Å². The Morgan fingerprint density at radius 3 is 2.06 bits per heavy atom. The van der Waals surface area contributed by atoms with Gasteiger partial charge in [-0.3, -0.25) is 4.98 Å². The Hall–Kier alpha value is -2.17. The predicted octanol–water partition coefficient (Wildman–Crippen LogP) is 1.59. The van der Waals surface area contributed by atoms with Crippen LogP contribution in [-0.2, 0) is 19.1 Å². The summed E-state index contributed by atoms with van der Waals surface area (Å²) in [7, 11) is 0. The van der Waals surface area contributed by atoms with Crippen molar-refractivity contribution < 1.29 is 19.1 Å². The van der Waals surface area contributed by atoms with E-state index >= 15 is 0 Å². The van der Waals surface area contributed by atoms with Gasteiger partial charge in [-0.05, 0) is 37.6 Å². The van der Waals surface area contributed by atoms with Gasteiger partial charge in [-0.1, -0.05) is 0 Å². The second-order valence-electron chi connectivity index (χ2n) is 3.28. The van der Waals surface area contributed by atoms with Crippen molar-refractivity contribution in [3.8, 4) is 0 Å². The highest BCUT2D eigenvalue weighted by atomic mass is 16.6. The molecule has 0 aliphatic rings. The van der Waals surface area contributed by atoms with Gasteiger partial charge in [-0.25, -0.2) is 9.59 Å². The van der Waals surface area contributed by atoms with E-state index in [9.17, 15) is 9.59 Å². The van der Waals surface area contributed by atoms with Crippen molar-refractivity contribution in [2.75, 3.05) is 13.2 Å². The fourth-order valence-corrected chi connectivity index (χ4v) is 1.25. The summed E-state index contributed by atoms with van der Waals surface area (Å²) in [5.41, 5.74) is 0.561. The maximum absolute atomic E-state index is 11.7. The summed E-state index contributed by atoms with van der Waals surface area (Å²) in [5, 5.41) is 0. The summed E-state index contributed by atoms with van der Waals surface area (Å²) in [6.07, 6.45) is 4.57. The average molecular weight is 249 g/mol. The van der Waals surface area contributed by atoms with Gasteiger partial charge in [0.25, 0.3) is 0 Å². The van der Waals surface area contributed by atoms with Crippen LogP contribution in [0.2, 0.25) is 0 Å². The third kappa shape index (κ3) is 4.01. The van der Waals surface area contributed by atoms with Gasteiger partial charge >= 0.3 is 11.9 Å². The molecule has 1 aromatic rings. The van der Waals surface area contributed by atoms with Gasteiger partial charge < -0.3 is 9.47 Å². The Morgan fingerprint density at radius 1 is 1.11 bits per heavy atom. The average Bonchev–Trinajstić information content (AvgIpc) is 2.37. The van der Waals surface area contributed by atoms with E-state index in [2.05, 4.69) is 4.98 Å². The minimum atomic E-state index is -0.687. The summed E-state index contributed by atoms with van der Waals surface area (Å²) in [6.45, 7) is 3.75. The number of nitrogens with zero attached hydrogens (tertiary/aromatic N) is 1. The number of esters is 2. The van der Waals surface area contributed by atoms with E-state index < -0.39 is 11.9 Å². The van der Waals surface area contributed by atoms with Crippen molar-refractivity contribution in [3.05, 3.63) is 35.7 Å². The Balaban J connectivity index is 3.00. The van der Waals surface area contributed by atoms with Gasteiger partial charge in [-0.2, -0.15) is 0 Å². The number of hydrogen-bond donors (Lipinski definition) is 0. The molecule has 0 aliphatic heterocycles. The summed E-state index contributed by atoms with van der Waals surface area (Å²) in [5.74, 6) is -1.37.